The van der Waals surface area contributed by atoms with Crippen molar-refractivity contribution in [3.05, 3.63) is 65.7 Å². The van der Waals surface area contributed by atoms with Crippen LogP contribution in [0.4, 0.5) is 5.82 Å². The summed E-state index contributed by atoms with van der Waals surface area (Å²) in [5, 5.41) is 15.3. The van der Waals surface area contributed by atoms with Gasteiger partial charge in [-0.2, -0.15) is 15.3 Å². The normalized spacial score (nSPS) is 18.6. The molecule has 1 saturated carbocycles. The zero-order valence-corrected chi connectivity index (χ0v) is 15.6. The number of rotatable bonds is 5. The smallest absolute Gasteiger partial charge is 0.207 e. The first-order valence-electron chi connectivity index (χ1n) is 8.91. The van der Waals surface area contributed by atoms with E-state index in [1.165, 1.54) is 22.9 Å². The molecule has 1 aliphatic carbocycles. The molecule has 134 valence electrons. The summed E-state index contributed by atoms with van der Waals surface area (Å²) in [4.78, 5) is 10.3. The standard InChI is InChI=1S/C20H18N6S/c1-12-7-9-14(10-8-12)27-20-22-18(17-19(23-20)25-26-24-17)21-16-11-15(16)13-5-3-2-4-6-13/h2-10,15-16H,11H2,1H3,(H2,21,22,23,24,25,26). The maximum atomic E-state index is 4.72. The first kappa shape index (κ1) is 16.3. The molecule has 27 heavy (non-hydrogen) atoms. The van der Waals surface area contributed by atoms with E-state index in [0.717, 1.165) is 17.1 Å². The van der Waals surface area contributed by atoms with Gasteiger partial charge in [-0.15, -0.1) is 5.10 Å². The van der Waals surface area contributed by atoms with Crippen molar-refractivity contribution in [3.63, 3.8) is 0 Å². The number of nitrogens with zero attached hydrogens (tertiary/aromatic N) is 4. The van der Waals surface area contributed by atoms with E-state index in [4.69, 9.17) is 4.98 Å². The van der Waals surface area contributed by atoms with Crippen LogP contribution in [0.2, 0.25) is 0 Å². The van der Waals surface area contributed by atoms with Crippen LogP contribution in [-0.2, 0) is 0 Å². The topological polar surface area (TPSA) is 79.4 Å². The largest absolute Gasteiger partial charge is 0.365 e. The third-order valence-electron chi connectivity index (χ3n) is 4.73. The minimum Gasteiger partial charge on any atom is -0.365 e. The maximum Gasteiger partial charge on any atom is 0.207 e. The average molecular weight is 374 g/mol. The van der Waals surface area contributed by atoms with Gasteiger partial charge in [0.25, 0.3) is 0 Å². The van der Waals surface area contributed by atoms with Crippen LogP contribution >= 0.6 is 11.8 Å². The molecular formula is C20H18N6S. The summed E-state index contributed by atoms with van der Waals surface area (Å²) in [5.41, 5.74) is 3.85. The lowest BCUT2D eigenvalue weighted by molar-refractivity contribution is 0.945. The summed E-state index contributed by atoms with van der Waals surface area (Å²) in [5.74, 6) is 1.25. The molecule has 0 aliphatic heterocycles. The monoisotopic (exact) mass is 374 g/mol. The number of nitrogens with one attached hydrogen (secondary N) is 2. The van der Waals surface area contributed by atoms with Gasteiger partial charge in [0.1, 0.15) is 0 Å². The Hall–Kier alpha value is -2.93. The lowest BCUT2D eigenvalue weighted by Gasteiger charge is -2.07. The molecule has 0 radical (unpaired) electrons. The second-order valence-corrected chi connectivity index (χ2v) is 7.81. The molecule has 5 rings (SSSR count). The zero-order valence-electron chi connectivity index (χ0n) is 14.8. The Balaban J connectivity index is 1.40. The van der Waals surface area contributed by atoms with E-state index in [0.29, 0.717) is 28.3 Å². The van der Waals surface area contributed by atoms with Crippen LogP contribution in [0.1, 0.15) is 23.5 Å². The van der Waals surface area contributed by atoms with Crippen LogP contribution in [0.3, 0.4) is 0 Å². The molecule has 4 aromatic rings. The lowest BCUT2D eigenvalue weighted by atomic mass is 10.1. The van der Waals surface area contributed by atoms with Gasteiger partial charge in [0.15, 0.2) is 16.5 Å². The molecule has 0 saturated heterocycles. The molecule has 2 atom stereocenters. The summed E-state index contributed by atoms with van der Waals surface area (Å²) in [6, 6.07) is 19.3. The number of aromatic nitrogens is 5. The summed E-state index contributed by atoms with van der Waals surface area (Å²) in [7, 11) is 0. The van der Waals surface area contributed by atoms with Crippen LogP contribution in [0, 0.1) is 6.92 Å². The Morgan fingerprint density at radius 2 is 1.81 bits per heavy atom. The van der Waals surface area contributed by atoms with E-state index in [1.54, 1.807) is 0 Å². The number of hydrogen-bond acceptors (Lipinski definition) is 6. The van der Waals surface area contributed by atoms with E-state index in [9.17, 15) is 0 Å². The van der Waals surface area contributed by atoms with Gasteiger partial charge in [0, 0.05) is 16.9 Å². The van der Waals surface area contributed by atoms with Gasteiger partial charge in [-0.3, -0.25) is 0 Å². The minimum absolute atomic E-state index is 0.361. The Labute approximate surface area is 160 Å². The second-order valence-electron chi connectivity index (χ2n) is 6.77. The molecule has 2 aromatic carbocycles. The van der Waals surface area contributed by atoms with Crippen molar-refractivity contribution in [2.24, 2.45) is 0 Å². The van der Waals surface area contributed by atoms with Crippen LogP contribution in [-0.4, -0.2) is 31.4 Å². The number of anilines is 1. The average Bonchev–Trinajstić information content (AvgIpc) is 3.29. The summed E-state index contributed by atoms with van der Waals surface area (Å²) in [6.07, 6.45) is 1.09. The predicted molar refractivity (Wildman–Crippen MR) is 106 cm³/mol. The van der Waals surface area contributed by atoms with Crippen LogP contribution in [0.15, 0.2) is 64.6 Å². The zero-order chi connectivity index (χ0) is 18.2. The number of H-pyrrole nitrogens is 1. The van der Waals surface area contributed by atoms with Gasteiger partial charge in [-0.25, -0.2) is 4.98 Å². The summed E-state index contributed by atoms with van der Waals surface area (Å²) in [6.45, 7) is 2.08. The van der Waals surface area contributed by atoms with Crippen molar-refractivity contribution in [2.45, 2.75) is 35.4 Å². The van der Waals surface area contributed by atoms with E-state index in [-0.39, 0.29) is 0 Å². The molecule has 2 aromatic heterocycles. The highest BCUT2D eigenvalue weighted by molar-refractivity contribution is 7.99. The quantitative estimate of drug-likeness (QED) is 0.510. The van der Waals surface area contributed by atoms with Crippen LogP contribution in [0.25, 0.3) is 11.2 Å². The Morgan fingerprint density at radius 1 is 1.00 bits per heavy atom. The first-order valence-corrected chi connectivity index (χ1v) is 9.72. The van der Waals surface area contributed by atoms with Crippen molar-refractivity contribution in [1.29, 1.82) is 0 Å². The molecule has 1 aliphatic rings. The summed E-state index contributed by atoms with van der Waals surface area (Å²) >= 11 is 1.53. The Morgan fingerprint density at radius 3 is 2.63 bits per heavy atom. The molecule has 0 bridgehead atoms. The van der Waals surface area contributed by atoms with E-state index >= 15 is 0 Å². The highest BCUT2D eigenvalue weighted by atomic mass is 32.2. The number of hydrogen-bond donors (Lipinski definition) is 2. The predicted octanol–water partition coefficient (Wildman–Crippen LogP) is 4.18. The number of fused-ring (bicyclic) bond motifs is 1. The van der Waals surface area contributed by atoms with E-state index < -0.39 is 0 Å². The fourth-order valence-electron chi connectivity index (χ4n) is 3.18. The highest BCUT2D eigenvalue weighted by Crippen LogP contribution is 2.43. The molecular weight excluding hydrogens is 356 g/mol. The van der Waals surface area contributed by atoms with Crippen molar-refractivity contribution < 1.29 is 0 Å². The third kappa shape index (κ3) is 3.38. The van der Waals surface area contributed by atoms with Crippen LogP contribution in [0.5, 0.6) is 0 Å². The Bertz CT molecular complexity index is 1080. The third-order valence-corrected chi connectivity index (χ3v) is 5.61. The minimum atomic E-state index is 0.361. The van der Waals surface area contributed by atoms with Gasteiger partial charge in [-0.1, -0.05) is 48.0 Å². The molecule has 6 nitrogen and oxygen atoms in total. The first-order chi connectivity index (χ1) is 13.3. The van der Waals surface area contributed by atoms with Gasteiger partial charge in [-0.05, 0) is 42.8 Å². The molecule has 2 heterocycles. The van der Waals surface area contributed by atoms with Crippen molar-refractivity contribution in [3.8, 4) is 0 Å². The van der Waals surface area contributed by atoms with Gasteiger partial charge >= 0.3 is 0 Å². The van der Waals surface area contributed by atoms with Gasteiger partial charge in [0.2, 0.25) is 5.65 Å². The number of benzene rings is 2. The SMILES string of the molecule is Cc1ccc(Sc2nc(NC3CC3c3ccccc3)c3n[nH]nc3n2)cc1. The van der Waals surface area contributed by atoms with Gasteiger partial charge in [0.05, 0.1) is 0 Å². The highest BCUT2D eigenvalue weighted by Gasteiger charge is 2.39. The number of aryl methyl sites for hydroxylation is 1. The van der Waals surface area contributed by atoms with Crippen LogP contribution < -0.4 is 5.32 Å². The molecule has 7 heteroatoms. The molecule has 2 unspecified atom stereocenters. The van der Waals surface area contributed by atoms with Crippen molar-refractivity contribution in [2.75, 3.05) is 5.32 Å². The maximum absolute atomic E-state index is 4.72. The number of aromatic amines is 1. The Kier molecular flexibility index (Phi) is 4.01. The summed E-state index contributed by atoms with van der Waals surface area (Å²) < 4.78 is 0. The molecule has 1 fully saturated rings. The van der Waals surface area contributed by atoms with E-state index in [2.05, 4.69) is 81.2 Å². The van der Waals surface area contributed by atoms with Gasteiger partial charge < -0.3 is 5.32 Å². The second kappa shape index (κ2) is 6.66. The van der Waals surface area contributed by atoms with Crippen molar-refractivity contribution in [1.82, 2.24) is 25.4 Å². The fourth-order valence-corrected chi connectivity index (χ4v) is 3.94. The molecule has 2 N–H and O–H groups in total. The van der Waals surface area contributed by atoms with Crippen molar-refractivity contribution >= 4 is 28.7 Å². The molecule has 0 spiro atoms. The van der Waals surface area contributed by atoms with E-state index in [1.807, 2.05) is 6.07 Å². The molecule has 0 amide bonds. The lowest BCUT2D eigenvalue weighted by Crippen LogP contribution is -2.07. The fraction of sp³-hybridized carbons (Fsp3) is 0.200.